The van der Waals surface area contributed by atoms with Gasteiger partial charge in [0.15, 0.2) is 0 Å². The Hall–Kier alpha value is -0.550. The van der Waals surface area contributed by atoms with Gasteiger partial charge in [-0.05, 0) is 24.1 Å². The van der Waals surface area contributed by atoms with Crippen LogP contribution < -0.4 is 5.73 Å². The van der Waals surface area contributed by atoms with Crippen LogP contribution in [0, 0.1) is 11.2 Å². The minimum absolute atomic E-state index is 0. The van der Waals surface area contributed by atoms with E-state index in [1.54, 1.807) is 7.05 Å². The van der Waals surface area contributed by atoms with E-state index < -0.39 is 5.82 Å². The maximum absolute atomic E-state index is 13.4. The van der Waals surface area contributed by atoms with Crippen LogP contribution in [0.3, 0.4) is 0 Å². The lowest BCUT2D eigenvalue weighted by molar-refractivity contribution is 0.0740. The number of halogens is 4. The second kappa shape index (κ2) is 7.46. The molecule has 0 fully saturated rings. The molecule has 20 heavy (non-hydrogen) atoms. The molecule has 3 nitrogen and oxygen atoms in total. The fourth-order valence-electron chi connectivity index (χ4n) is 1.67. The van der Waals surface area contributed by atoms with Gasteiger partial charge in [-0.25, -0.2) is 4.39 Å². The largest absolute Gasteiger partial charge is 0.341 e. The Morgan fingerprint density at radius 1 is 1.35 bits per heavy atom. The minimum Gasteiger partial charge on any atom is -0.341 e. The first-order valence-electron chi connectivity index (χ1n) is 5.78. The van der Waals surface area contributed by atoms with Crippen molar-refractivity contribution in [2.45, 2.75) is 13.8 Å². The molecule has 0 radical (unpaired) electrons. The van der Waals surface area contributed by atoms with E-state index in [1.807, 2.05) is 13.8 Å². The molecule has 0 aliphatic heterocycles. The fourth-order valence-corrected chi connectivity index (χ4v) is 2.13. The molecule has 7 heteroatoms. The van der Waals surface area contributed by atoms with Crippen molar-refractivity contribution in [1.82, 2.24) is 4.90 Å². The molecule has 0 saturated carbocycles. The third-order valence-electron chi connectivity index (χ3n) is 2.80. The van der Waals surface area contributed by atoms with Crippen LogP contribution in [-0.4, -0.2) is 30.9 Å². The van der Waals surface area contributed by atoms with Crippen LogP contribution in [0.15, 0.2) is 12.1 Å². The summed E-state index contributed by atoms with van der Waals surface area (Å²) in [6, 6.07) is 2.28. The molecular weight excluding hydrogens is 326 g/mol. The van der Waals surface area contributed by atoms with Crippen LogP contribution in [0.5, 0.6) is 0 Å². The average Bonchev–Trinajstić information content (AvgIpc) is 2.32. The molecule has 0 spiro atoms. The Labute approximate surface area is 134 Å². The highest BCUT2D eigenvalue weighted by molar-refractivity contribution is 6.36. The summed E-state index contributed by atoms with van der Waals surface area (Å²) in [5.74, 6) is -1.03. The van der Waals surface area contributed by atoms with E-state index in [9.17, 15) is 9.18 Å². The maximum atomic E-state index is 13.4. The second-order valence-electron chi connectivity index (χ2n) is 5.28. The van der Waals surface area contributed by atoms with Crippen LogP contribution in [0.25, 0.3) is 0 Å². The highest BCUT2D eigenvalue weighted by Gasteiger charge is 2.24. The maximum Gasteiger partial charge on any atom is 0.255 e. The van der Waals surface area contributed by atoms with Crippen molar-refractivity contribution in [3.05, 3.63) is 33.6 Å². The number of rotatable bonds is 4. The van der Waals surface area contributed by atoms with E-state index in [1.165, 1.54) is 11.0 Å². The van der Waals surface area contributed by atoms with Crippen LogP contribution in [0.2, 0.25) is 10.0 Å². The molecule has 0 atom stereocenters. The van der Waals surface area contributed by atoms with Gasteiger partial charge in [-0.1, -0.05) is 37.0 Å². The Morgan fingerprint density at radius 2 is 1.90 bits per heavy atom. The van der Waals surface area contributed by atoms with E-state index in [2.05, 4.69) is 0 Å². The molecule has 2 N–H and O–H groups in total. The van der Waals surface area contributed by atoms with E-state index in [0.29, 0.717) is 13.1 Å². The van der Waals surface area contributed by atoms with Gasteiger partial charge in [0.05, 0.1) is 15.6 Å². The molecule has 1 aromatic carbocycles. The van der Waals surface area contributed by atoms with Gasteiger partial charge in [-0.3, -0.25) is 4.79 Å². The van der Waals surface area contributed by atoms with Crippen molar-refractivity contribution < 1.29 is 9.18 Å². The molecule has 0 aromatic heterocycles. The van der Waals surface area contributed by atoms with Crippen molar-refractivity contribution in [2.24, 2.45) is 11.1 Å². The van der Waals surface area contributed by atoms with Crippen molar-refractivity contribution in [3.8, 4) is 0 Å². The molecule has 1 amide bonds. The molecule has 0 aliphatic rings. The summed E-state index contributed by atoms with van der Waals surface area (Å²) in [6.45, 7) is 4.78. The van der Waals surface area contributed by atoms with Gasteiger partial charge < -0.3 is 10.6 Å². The van der Waals surface area contributed by atoms with Gasteiger partial charge in [-0.15, -0.1) is 12.4 Å². The van der Waals surface area contributed by atoms with Crippen LogP contribution in [0.4, 0.5) is 4.39 Å². The van der Waals surface area contributed by atoms with Crippen molar-refractivity contribution in [3.63, 3.8) is 0 Å². The Bertz CT molecular complexity index is 495. The Morgan fingerprint density at radius 3 is 2.40 bits per heavy atom. The van der Waals surface area contributed by atoms with Crippen LogP contribution >= 0.6 is 35.6 Å². The normalized spacial score (nSPS) is 10.9. The molecule has 0 unspecified atom stereocenters. The van der Waals surface area contributed by atoms with Crippen molar-refractivity contribution in [1.29, 1.82) is 0 Å². The molecule has 1 aromatic rings. The molecule has 1 rings (SSSR count). The van der Waals surface area contributed by atoms with E-state index >= 15 is 0 Å². The first kappa shape index (κ1) is 19.4. The molecule has 0 bridgehead atoms. The summed E-state index contributed by atoms with van der Waals surface area (Å²) in [7, 11) is 1.63. The predicted molar refractivity (Wildman–Crippen MR) is 83.5 cm³/mol. The van der Waals surface area contributed by atoms with Gasteiger partial charge >= 0.3 is 0 Å². The topological polar surface area (TPSA) is 46.3 Å². The number of hydrogen-bond donors (Lipinski definition) is 1. The van der Waals surface area contributed by atoms with Gasteiger partial charge in [0.1, 0.15) is 5.82 Å². The molecule has 114 valence electrons. The third-order valence-corrected chi connectivity index (χ3v) is 3.41. The number of amides is 1. The number of benzene rings is 1. The van der Waals surface area contributed by atoms with Crippen molar-refractivity contribution in [2.75, 3.05) is 20.1 Å². The zero-order valence-electron chi connectivity index (χ0n) is 11.5. The summed E-state index contributed by atoms with van der Waals surface area (Å²) >= 11 is 11.5. The molecule has 0 aliphatic carbocycles. The van der Waals surface area contributed by atoms with E-state index in [-0.39, 0.29) is 39.3 Å². The number of nitrogens with two attached hydrogens (primary N) is 1. The van der Waals surface area contributed by atoms with Crippen LogP contribution in [0.1, 0.15) is 24.2 Å². The second-order valence-corrected chi connectivity index (χ2v) is 6.09. The standard InChI is InChI=1S/C13H17Cl2FN2O.ClH/c1-13(2,6-17)7-18(3)12(19)8-4-11(16)10(15)5-9(8)14;/h4-5H,6-7,17H2,1-3H3;1H. The SMILES string of the molecule is CN(CC(C)(C)CN)C(=O)c1cc(F)c(Cl)cc1Cl.Cl. The third kappa shape index (κ3) is 4.77. The van der Waals surface area contributed by atoms with E-state index in [0.717, 1.165) is 6.07 Å². The summed E-state index contributed by atoms with van der Waals surface area (Å²) in [5, 5.41) is 0.0281. The fraction of sp³-hybridized carbons (Fsp3) is 0.462. The zero-order valence-corrected chi connectivity index (χ0v) is 13.9. The summed E-state index contributed by atoms with van der Waals surface area (Å²) in [4.78, 5) is 13.7. The first-order chi connectivity index (χ1) is 8.68. The quantitative estimate of drug-likeness (QED) is 0.849. The number of hydrogen-bond acceptors (Lipinski definition) is 2. The molecule has 0 saturated heterocycles. The van der Waals surface area contributed by atoms with Crippen LogP contribution in [-0.2, 0) is 0 Å². The molecular formula is C13H18Cl3FN2O. The highest BCUT2D eigenvalue weighted by atomic mass is 35.5. The lowest BCUT2D eigenvalue weighted by Crippen LogP contribution is -2.39. The summed E-state index contributed by atoms with van der Waals surface area (Å²) in [5.41, 5.74) is 5.50. The Kier molecular flexibility index (Phi) is 7.25. The van der Waals surface area contributed by atoms with Gasteiger partial charge in [-0.2, -0.15) is 0 Å². The predicted octanol–water partition coefficient (Wildman–Crippen LogP) is 3.61. The first-order valence-corrected chi connectivity index (χ1v) is 6.53. The zero-order chi connectivity index (χ0) is 14.8. The van der Waals surface area contributed by atoms with Crippen molar-refractivity contribution >= 4 is 41.5 Å². The highest BCUT2D eigenvalue weighted by Crippen LogP contribution is 2.26. The smallest absolute Gasteiger partial charge is 0.255 e. The monoisotopic (exact) mass is 342 g/mol. The molecule has 0 heterocycles. The summed E-state index contributed by atoms with van der Waals surface area (Å²) < 4.78 is 13.4. The van der Waals surface area contributed by atoms with Gasteiger partial charge in [0.25, 0.3) is 5.91 Å². The number of nitrogens with zero attached hydrogens (tertiary/aromatic N) is 1. The lowest BCUT2D eigenvalue weighted by atomic mass is 9.93. The minimum atomic E-state index is -0.666. The lowest BCUT2D eigenvalue weighted by Gasteiger charge is -2.29. The number of carbonyl (C=O) groups is 1. The van der Waals surface area contributed by atoms with E-state index in [4.69, 9.17) is 28.9 Å². The average molecular weight is 344 g/mol. The van der Waals surface area contributed by atoms with Gasteiger partial charge in [0.2, 0.25) is 0 Å². The Balaban J connectivity index is 0.00000361. The van der Waals surface area contributed by atoms with Gasteiger partial charge in [0, 0.05) is 13.6 Å². The number of carbonyl (C=O) groups excluding carboxylic acids is 1. The summed E-state index contributed by atoms with van der Waals surface area (Å²) in [6.07, 6.45) is 0.